The van der Waals surface area contributed by atoms with Crippen molar-refractivity contribution in [2.75, 3.05) is 5.32 Å². The predicted molar refractivity (Wildman–Crippen MR) is 42.8 cm³/mol. The molecule has 0 saturated carbocycles. The average molecular weight is 181 g/mol. The lowest BCUT2D eigenvalue weighted by molar-refractivity contribution is -0.384. The van der Waals surface area contributed by atoms with Crippen LogP contribution in [0.15, 0.2) is 24.3 Å². The second-order valence-electron chi connectivity index (χ2n) is 2.22. The maximum atomic E-state index is 10.2. The Morgan fingerprint density at radius 3 is 2.23 bits per heavy atom. The molecule has 13 heavy (non-hydrogen) atoms. The van der Waals surface area contributed by atoms with Crippen LogP contribution >= 0.6 is 0 Å². The minimum atomic E-state index is -1.45. The Bertz CT molecular complexity index is 333. The first-order valence-electron chi connectivity index (χ1n) is 3.32. The molecule has 1 rings (SSSR count). The van der Waals surface area contributed by atoms with E-state index in [1.807, 2.05) is 5.32 Å². The Labute approximate surface area is 73.0 Å². The molecule has 0 heterocycles. The van der Waals surface area contributed by atoms with E-state index in [0.29, 0.717) is 0 Å². The van der Waals surface area contributed by atoms with Crippen LogP contribution in [0, 0.1) is 10.1 Å². The van der Waals surface area contributed by atoms with Crippen molar-refractivity contribution < 1.29 is 14.8 Å². The summed E-state index contributed by atoms with van der Waals surface area (Å²) < 4.78 is 0. The number of nitro benzene ring substituents is 1. The van der Waals surface area contributed by atoms with Crippen molar-refractivity contribution in [3.05, 3.63) is 34.4 Å². The Hall–Kier alpha value is -2.11. The highest BCUT2D eigenvalue weighted by molar-refractivity contribution is 5.82. The Balaban J connectivity index is 2.81. The molecule has 0 aliphatic heterocycles. The summed E-state index contributed by atoms with van der Waals surface area (Å²) in [6.45, 7) is 0. The smallest absolute Gasteiger partial charge is 0.288 e. The van der Waals surface area contributed by atoms with Crippen LogP contribution in [-0.4, -0.2) is 11.0 Å². The first kappa shape index (κ1) is 8.98. The third-order valence-electron chi connectivity index (χ3n) is 1.32. The molecule has 0 aliphatic rings. The molecule has 1 radical (unpaired) electrons. The average Bonchev–Trinajstić information content (AvgIpc) is 2.04. The second kappa shape index (κ2) is 3.53. The predicted octanol–water partition coefficient (Wildman–Crippen LogP) is 1.56. The third kappa shape index (κ3) is 2.44. The monoisotopic (exact) mass is 181 g/mol. The maximum Gasteiger partial charge on any atom is 0.454 e. The Kier molecular flexibility index (Phi) is 2.44. The number of hydrogen-bond acceptors (Lipinski definition) is 3. The van der Waals surface area contributed by atoms with Gasteiger partial charge in [-0.1, -0.05) is 0 Å². The van der Waals surface area contributed by atoms with Gasteiger partial charge in [-0.2, -0.15) is 0 Å². The standard InChI is InChI=1S/C7H5N2O4/c10-7(11)8-5-1-3-6(4-2-5)9(12)13/h1-4,8H. The fourth-order valence-electron chi connectivity index (χ4n) is 0.784. The van der Waals surface area contributed by atoms with Crippen LogP contribution in [0.4, 0.5) is 16.2 Å². The van der Waals surface area contributed by atoms with E-state index in [1.165, 1.54) is 24.3 Å². The van der Waals surface area contributed by atoms with Crippen LogP contribution in [0.3, 0.4) is 0 Å². The number of anilines is 1. The molecule has 0 unspecified atom stereocenters. The molecule has 0 aliphatic carbocycles. The highest BCUT2D eigenvalue weighted by atomic mass is 16.6. The molecular formula is C7H5N2O4. The van der Waals surface area contributed by atoms with Crippen molar-refractivity contribution >= 4 is 17.5 Å². The number of hydrogen-bond donors (Lipinski definition) is 1. The van der Waals surface area contributed by atoms with Crippen LogP contribution in [0.5, 0.6) is 0 Å². The van der Waals surface area contributed by atoms with Gasteiger partial charge >= 0.3 is 6.09 Å². The van der Waals surface area contributed by atoms with Gasteiger partial charge < -0.3 is 0 Å². The molecule has 1 aromatic carbocycles. The minimum absolute atomic E-state index is 0.0936. The first-order valence-corrected chi connectivity index (χ1v) is 3.32. The summed E-state index contributed by atoms with van der Waals surface area (Å²) in [4.78, 5) is 19.7. The van der Waals surface area contributed by atoms with Crippen LogP contribution in [0.2, 0.25) is 0 Å². The topological polar surface area (TPSA) is 92.1 Å². The molecule has 0 bridgehead atoms. The van der Waals surface area contributed by atoms with Gasteiger partial charge in [0.05, 0.1) is 4.92 Å². The minimum Gasteiger partial charge on any atom is -0.288 e. The zero-order valence-corrected chi connectivity index (χ0v) is 6.39. The third-order valence-corrected chi connectivity index (χ3v) is 1.32. The Morgan fingerprint density at radius 1 is 1.31 bits per heavy atom. The quantitative estimate of drug-likeness (QED) is 0.554. The van der Waals surface area contributed by atoms with Crippen molar-refractivity contribution in [1.29, 1.82) is 0 Å². The van der Waals surface area contributed by atoms with Gasteiger partial charge in [-0.15, -0.1) is 0 Å². The highest BCUT2D eigenvalue weighted by Crippen LogP contribution is 2.14. The molecule has 1 amide bonds. The summed E-state index contributed by atoms with van der Waals surface area (Å²) in [5.41, 5.74) is 0.148. The fraction of sp³-hybridized carbons (Fsp3) is 0. The lowest BCUT2D eigenvalue weighted by Crippen LogP contribution is -2.05. The van der Waals surface area contributed by atoms with E-state index in [4.69, 9.17) is 0 Å². The van der Waals surface area contributed by atoms with Gasteiger partial charge in [0.15, 0.2) is 0 Å². The number of benzene rings is 1. The van der Waals surface area contributed by atoms with Crippen molar-refractivity contribution in [1.82, 2.24) is 0 Å². The van der Waals surface area contributed by atoms with E-state index in [-0.39, 0.29) is 11.4 Å². The summed E-state index contributed by atoms with van der Waals surface area (Å²) in [6, 6.07) is 4.97. The Morgan fingerprint density at radius 2 is 1.85 bits per heavy atom. The molecule has 6 nitrogen and oxygen atoms in total. The molecule has 67 valence electrons. The zero-order valence-electron chi connectivity index (χ0n) is 6.39. The van der Waals surface area contributed by atoms with E-state index in [9.17, 15) is 20.0 Å². The van der Waals surface area contributed by atoms with E-state index in [2.05, 4.69) is 0 Å². The summed E-state index contributed by atoms with van der Waals surface area (Å²) in [5.74, 6) is 0. The van der Waals surface area contributed by atoms with Gasteiger partial charge in [-0.3, -0.25) is 15.4 Å². The second-order valence-corrected chi connectivity index (χ2v) is 2.22. The van der Waals surface area contributed by atoms with E-state index < -0.39 is 11.0 Å². The van der Waals surface area contributed by atoms with Gasteiger partial charge in [0, 0.05) is 17.8 Å². The molecule has 0 atom stereocenters. The van der Waals surface area contributed by atoms with Crippen LogP contribution in [-0.2, 0) is 5.11 Å². The summed E-state index contributed by atoms with van der Waals surface area (Å²) >= 11 is 0. The SMILES string of the molecule is [O]C(=O)Nc1ccc([N+](=O)[O-])cc1. The summed E-state index contributed by atoms with van der Waals surface area (Å²) in [5, 5.41) is 22.2. The molecule has 0 fully saturated rings. The lowest BCUT2D eigenvalue weighted by atomic mass is 10.3. The van der Waals surface area contributed by atoms with Crippen molar-refractivity contribution in [2.24, 2.45) is 0 Å². The number of non-ortho nitro benzene ring substituents is 1. The molecule has 1 aromatic rings. The molecule has 6 heteroatoms. The van der Waals surface area contributed by atoms with Crippen molar-refractivity contribution in [2.45, 2.75) is 0 Å². The lowest BCUT2D eigenvalue weighted by Gasteiger charge is -1.96. The van der Waals surface area contributed by atoms with Gasteiger partial charge in [-0.05, 0) is 12.1 Å². The van der Waals surface area contributed by atoms with Gasteiger partial charge in [-0.25, -0.2) is 9.90 Å². The molecular weight excluding hydrogens is 176 g/mol. The van der Waals surface area contributed by atoms with Gasteiger partial charge in [0.1, 0.15) is 0 Å². The van der Waals surface area contributed by atoms with E-state index in [1.54, 1.807) is 0 Å². The number of nitrogens with one attached hydrogen (secondary N) is 1. The van der Waals surface area contributed by atoms with Gasteiger partial charge in [0.25, 0.3) is 5.69 Å². The number of nitrogens with zero attached hydrogens (tertiary/aromatic N) is 1. The normalized spacial score (nSPS) is 9.23. The number of carbonyl (C=O) groups is 1. The number of carbonyl (C=O) groups excluding carboxylic acids is 1. The number of rotatable bonds is 2. The summed E-state index contributed by atoms with van der Waals surface area (Å²) in [6.07, 6.45) is -1.45. The van der Waals surface area contributed by atoms with Gasteiger partial charge in [0.2, 0.25) is 0 Å². The highest BCUT2D eigenvalue weighted by Gasteiger charge is 2.05. The molecule has 0 saturated heterocycles. The fourth-order valence-corrected chi connectivity index (χ4v) is 0.784. The first-order chi connectivity index (χ1) is 6.09. The summed E-state index contributed by atoms with van der Waals surface area (Å²) in [7, 11) is 0. The number of amides is 1. The van der Waals surface area contributed by atoms with Crippen LogP contribution < -0.4 is 5.32 Å². The van der Waals surface area contributed by atoms with Crippen LogP contribution in [0.1, 0.15) is 0 Å². The van der Waals surface area contributed by atoms with Crippen molar-refractivity contribution in [3.63, 3.8) is 0 Å². The van der Waals surface area contributed by atoms with Crippen LogP contribution in [0.25, 0.3) is 0 Å². The maximum absolute atomic E-state index is 10.2. The number of nitro groups is 1. The largest absolute Gasteiger partial charge is 0.454 e. The molecule has 1 N–H and O–H groups in total. The van der Waals surface area contributed by atoms with E-state index >= 15 is 0 Å². The molecule has 0 spiro atoms. The van der Waals surface area contributed by atoms with Crippen molar-refractivity contribution in [3.8, 4) is 0 Å². The zero-order chi connectivity index (χ0) is 9.84. The molecule has 0 aromatic heterocycles. The van der Waals surface area contributed by atoms with E-state index in [0.717, 1.165) is 0 Å².